The molecule has 128 valence electrons. The Morgan fingerprint density at radius 2 is 2.05 bits per heavy atom. The van der Waals surface area contributed by atoms with E-state index in [0.717, 1.165) is 26.1 Å². The van der Waals surface area contributed by atoms with Crippen molar-refractivity contribution in [2.75, 3.05) is 40.8 Å². The number of rotatable bonds is 9. The normalized spacial score (nSPS) is 23.6. The second-order valence-electron chi connectivity index (χ2n) is 6.52. The minimum absolute atomic E-state index is 0.0116. The van der Waals surface area contributed by atoms with Gasteiger partial charge in [0, 0.05) is 37.8 Å². The molecule has 1 saturated heterocycles. The van der Waals surface area contributed by atoms with Gasteiger partial charge in [-0.05, 0) is 34.0 Å². The van der Waals surface area contributed by atoms with Crippen molar-refractivity contribution in [2.45, 2.75) is 51.2 Å². The summed E-state index contributed by atoms with van der Waals surface area (Å²) >= 11 is 0. The van der Waals surface area contributed by atoms with Gasteiger partial charge in [-0.25, -0.2) is 0 Å². The van der Waals surface area contributed by atoms with Crippen LogP contribution in [-0.4, -0.2) is 74.6 Å². The molecule has 1 aliphatic heterocycles. The fourth-order valence-corrected chi connectivity index (χ4v) is 3.14. The lowest BCUT2D eigenvalue weighted by molar-refractivity contribution is -0.117. The highest BCUT2D eigenvalue weighted by atomic mass is 16.1. The zero-order valence-corrected chi connectivity index (χ0v) is 14.9. The highest BCUT2D eigenvalue weighted by molar-refractivity contribution is 5.87. The minimum atomic E-state index is 0.0116. The minimum Gasteiger partial charge on any atom is -0.347 e. The third kappa shape index (κ3) is 6.07. The molecular formula is C17H34N4O. The lowest BCUT2D eigenvalue weighted by Crippen LogP contribution is -2.52. The first-order valence-electron chi connectivity index (χ1n) is 8.53. The van der Waals surface area contributed by atoms with Gasteiger partial charge in [-0.15, -0.1) is 0 Å². The first kappa shape index (κ1) is 19.1. The van der Waals surface area contributed by atoms with Crippen LogP contribution in [0.3, 0.4) is 0 Å². The monoisotopic (exact) mass is 310 g/mol. The summed E-state index contributed by atoms with van der Waals surface area (Å²) in [6.45, 7) is 7.07. The Labute approximate surface area is 136 Å². The molecule has 22 heavy (non-hydrogen) atoms. The zero-order chi connectivity index (χ0) is 16.5. The highest BCUT2D eigenvalue weighted by Gasteiger charge is 2.33. The molecule has 0 spiro atoms. The average Bonchev–Trinajstić information content (AvgIpc) is 2.91. The number of amides is 1. The van der Waals surface area contributed by atoms with Crippen molar-refractivity contribution in [1.82, 2.24) is 20.4 Å². The van der Waals surface area contributed by atoms with E-state index >= 15 is 0 Å². The van der Waals surface area contributed by atoms with Crippen molar-refractivity contribution >= 4 is 5.91 Å². The first-order chi connectivity index (χ1) is 10.5. The van der Waals surface area contributed by atoms with E-state index in [-0.39, 0.29) is 11.9 Å². The molecule has 0 aromatic carbocycles. The molecule has 1 fully saturated rings. The smallest absolute Gasteiger partial charge is 0.244 e. The van der Waals surface area contributed by atoms with Crippen molar-refractivity contribution in [3.8, 4) is 0 Å². The van der Waals surface area contributed by atoms with Crippen molar-refractivity contribution in [3.05, 3.63) is 12.2 Å². The third-order valence-electron chi connectivity index (χ3n) is 4.44. The van der Waals surface area contributed by atoms with E-state index in [1.807, 2.05) is 25.1 Å². The summed E-state index contributed by atoms with van der Waals surface area (Å²) in [5, 5.41) is 6.57. The van der Waals surface area contributed by atoms with Gasteiger partial charge >= 0.3 is 0 Å². The molecule has 0 bridgehead atoms. The summed E-state index contributed by atoms with van der Waals surface area (Å²) in [5.74, 6) is 0.0116. The Kier molecular flexibility index (Phi) is 8.68. The van der Waals surface area contributed by atoms with Gasteiger partial charge in [-0.2, -0.15) is 0 Å². The van der Waals surface area contributed by atoms with Crippen LogP contribution in [0.2, 0.25) is 0 Å². The predicted octanol–water partition coefficient (Wildman–Crippen LogP) is 1.07. The Morgan fingerprint density at radius 3 is 2.64 bits per heavy atom. The van der Waals surface area contributed by atoms with Crippen LogP contribution in [-0.2, 0) is 4.79 Å². The Morgan fingerprint density at radius 1 is 1.32 bits per heavy atom. The van der Waals surface area contributed by atoms with Crippen LogP contribution >= 0.6 is 0 Å². The predicted molar refractivity (Wildman–Crippen MR) is 93.0 cm³/mol. The van der Waals surface area contributed by atoms with Crippen LogP contribution in [0.25, 0.3) is 0 Å². The third-order valence-corrected chi connectivity index (χ3v) is 4.44. The summed E-state index contributed by atoms with van der Waals surface area (Å²) in [7, 11) is 6.18. The summed E-state index contributed by atoms with van der Waals surface area (Å²) < 4.78 is 0. The molecule has 1 unspecified atom stereocenters. The summed E-state index contributed by atoms with van der Waals surface area (Å²) in [4.78, 5) is 16.5. The molecule has 1 aliphatic rings. The van der Waals surface area contributed by atoms with Crippen LogP contribution in [0.4, 0.5) is 0 Å². The number of nitrogens with one attached hydrogen (secondary N) is 2. The second-order valence-corrected chi connectivity index (χ2v) is 6.52. The van der Waals surface area contributed by atoms with Gasteiger partial charge < -0.3 is 15.5 Å². The summed E-state index contributed by atoms with van der Waals surface area (Å²) in [6.07, 6.45) is 7.13. The van der Waals surface area contributed by atoms with E-state index in [1.165, 1.54) is 12.8 Å². The largest absolute Gasteiger partial charge is 0.347 e. The van der Waals surface area contributed by atoms with Gasteiger partial charge in [0.2, 0.25) is 5.91 Å². The van der Waals surface area contributed by atoms with Crippen LogP contribution in [0.1, 0.15) is 33.1 Å². The van der Waals surface area contributed by atoms with Gasteiger partial charge in [-0.3, -0.25) is 9.69 Å². The van der Waals surface area contributed by atoms with Gasteiger partial charge in [0.25, 0.3) is 0 Å². The van der Waals surface area contributed by atoms with Gasteiger partial charge in [0.1, 0.15) is 0 Å². The molecule has 0 aromatic heterocycles. The molecule has 0 saturated carbocycles. The molecule has 1 rings (SSSR count). The number of carbonyl (C=O) groups is 1. The Balaban J connectivity index is 2.55. The van der Waals surface area contributed by atoms with Crippen molar-refractivity contribution in [2.24, 2.45) is 0 Å². The van der Waals surface area contributed by atoms with E-state index in [0.29, 0.717) is 12.1 Å². The standard InChI is InChI=1S/C17H34N4O/c1-6-9-14(7-2)21(5)16-13-18-12-15(16)19-17(22)10-8-11-20(3)4/h8,10,14-16,18H,6-7,9,11-13H2,1-5H3,(H,19,22)/b10-8+/t14?,15-,16-/m0/s1. The van der Waals surface area contributed by atoms with E-state index in [9.17, 15) is 4.79 Å². The fraction of sp³-hybridized carbons (Fsp3) is 0.824. The Bertz CT molecular complexity index is 357. The molecule has 5 nitrogen and oxygen atoms in total. The van der Waals surface area contributed by atoms with Gasteiger partial charge in [0.15, 0.2) is 0 Å². The lowest BCUT2D eigenvalue weighted by atomic mass is 10.0. The molecule has 0 radical (unpaired) electrons. The number of nitrogens with zero attached hydrogens (tertiary/aromatic N) is 2. The SMILES string of the molecule is CCCC(CC)N(C)[C@H]1CNC[C@@H]1NC(=O)/C=C/CN(C)C. The summed E-state index contributed by atoms with van der Waals surface area (Å²) in [5.41, 5.74) is 0. The van der Waals surface area contributed by atoms with E-state index in [2.05, 4.69) is 36.4 Å². The number of hydrogen-bond acceptors (Lipinski definition) is 4. The molecule has 0 aromatic rings. The maximum atomic E-state index is 12.1. The zero-order valence-electron chi connectivity index (χ0n) is 14.9. The topological polar surface area (TPSA) is 47.6 Å². The van der Waals surface area contributed by atoms with Crippen LogP contribution in [0, 0.1) is 0 Å². The van der Waals surface area contributed by atoms with Gasteiger partial charge in [0.05, 0.1) is 6.04 Å². The highest BCUT2D eigenvalue weighted by Crippen LogP contribution is 2.16. The molecule has 3 atom stereocenters. The van der Waals surface area contributed by atoms with E-state index < -0.39 is 0 Å². The first-order valence-corrected chi connectivity index (χ1v) is 8.53. The molecule has 2 N–H and O–H groups in total. The summed E-state index contributed by atoms with van der Waals surface area (Å²) in [6, 6.07) is 1.16. The average molecular weight is 310 g/mol. The van der Waals surface area contributed by atoms with E-state index in [4.69, 9.17) is 0 Å². The molecule has 5 heteroatoms. The van der Waals surface area contributed by atoms with Crippen LogP contribution in [0.5, 0.6) is 0 Å². The quantitative estimate of drug-likeness (QED) is 0.626. The molecule has 1 amide bonds. The lowest BCUT2D eigenvalue weighted by Gasteiger charge is -2.35. The van der Waals surface area contributed by atoms with Gasteiger partial charge in [-0.1, -0.05) is 26.3 Å². The molecule has 1 heterocycles. The number of carbonyl (C=O) groups excluding carboxylic acids is 1. The maximum absolute atomic E-state index is 12.1. The molecular weight excluding hydrogens is 276 g/mol. The van der Waals surface area contributed by atoms with Crippen molar-refractivity contribution < 1.29 is 4.79 Å². The molecule has 0 aliphatic carbocycles. The van der Waals surface area contributed by atoms with Crippen LogP contribution < -0.4 is 10.6 Å². The number of hydrogen-bond donors (Lipinski definition) is 2. The Hall–Kier alpha value is -0.910. The maximum Gasteiger partial charge on any atom is 0.244 e. The second kappa shape index (κ2) is 9.98. The van der Waals surface area contributed by atoms with Crippen molar-refractivity contribution in [1.29, 1.82) is 0 Å². The number of likely N-dealkylation sites (N-methyl/N-ethyl adjacent to an activating group) is 2. The van der Waals surface area contributed by atoms with Crippen molar-refractivity contribution in [3.63, 3.8) is 0 Å². The van der Waals surface area contributed by atoms with E-state index in [1.54, 1.807) is 6.08 Å². The fourth-order valence-electron chi connectivity index (χ4n) is 3.14. The van der Waals surface area contributed by atoms with Crippen LogP contribution in [0.15, 0.2) is 12.2 Å².